The van der Waals surface area contributed by atoms with Crippen LogP contribution in [-0.2, 0) is 6.54 Å². The van der Waals surface area contributed by atoms with Crippen molar-refractivity contribution in [2.24, 2.45) is 0 Å². The number of imidazole rings is 1. The number of hydrogen-bond donors (Lipinski definition) is 0. The molecule has 0 spiro atoms. The molecule has 0 fully saturated rings. The highest BCUT2D eigenvalue weighted by Gasteiger charge is 2.06. The maximum Gasteiger partial charge on any atom is 0.123 e. The number of rotatable bonds is 13. The molecule has 0 N–H and O–H groups in total. The highest BCUT2D eigenvalue weighted by molar-refractivity contribution is 8.00. The first-order valence-electron chi connectivity index (χ1n) is 9.79. The summed E-state index contributed by atoms with van der Waals surface area (Å²) in [5.74, 6) is 0.992. The second-order valence-electron chi connectivity index (χ2n) is 6.70. The minimum Gasteiger partial charge on any atom is -0.336 e. The Kier molecular flexibility index (Phi) is 10.2. The van der Waals surface area contributed by atoms with Gasteiger partial charge in [-0.3, -0.25) is 0 Å². The molecule has 1 unspecified atom stereocenters. The second kappa shape index (κ2) is 12.7. The Balaban J connectivity index is 1.77. The fraction of sp³-hybridized carbons (Fsp3) is 0.500. The van der Waals surface area contributed by atoms with E-state index in [2.05, 4.69) is 28.6 Å². The minimum atomic E-state index is -0.189. The fourth-order valence-corrected chi connectivity index (χ4v) is 4.00. The lowest BCUT2D eigenvalue weighted by Gasteiger charge is -2.13. The smallest absolute Gasteiger partial charge is 0.123 e. The molecule has 2 rings (SSSR count). The summed E-state index contributed by atoms with van der Waals surface area (Å²) in [5, 5.41) is 0.398. The molecule has 2 aromatic rings. The molecule has 26 heavy (non-hydrogen) atoms. The van der Waals surface area contributed by atoms with Gasteiger partial charge in [-0.05, 0) is 29.9 Å². The van der Waals surface area contributed by atoms with Crippen molar-refractivity contribution in [1.82, 2.24) is 9.55 Å². The first-order chi connectivity index (χ1) is 12.8. The van der Waals surface area contributed by atoms with E-state index in [4.69, 9.17) is 0 Å². The first-order valence-corrected chi connectivity index (χ1v) is 10.8. The van der Waals surface area contributed by atoms with Crippen LogP contribution in [0, 0.1) is 5.82 Å². The second-order valence-corrected chi connectivity index (χ2v) is 8.05. The summed E-state index contributed by atoms with van der Waals surface area (Å²) in [6.07, 6.45) is 19.4. The molecule has 1 aromatic carbocycles. The first kappa shape index (κ1) is 20.8. The fourth-order valence-electron chi connectivity index (χ4n) is 2.86. The molecule has 1 heterocycles. The van der Waals surface area contributed by atoms with Gasteiger partial charge in [0, 0.05) is 24.2 Å². The number of halogens is 1. The van der Waals surface area contributed by atoms with Gasteiger partial charge in [-0.25, -0.2) is 9.37 Å². The number of hydrogen-bond acceptors (Lipinski definition) is 2. The minimum absolute atomic E-state index is 0.189. The molecule has 142 valence electrons. The SMILES string of the molecule is CCCCCCCCCSC(C=Cc1ccc(F)cc1)Cn1ccnc1. The van der Waals surface area contributed by atoms with Crippen molar-refractivity contribution in [3.63, 3.8) is 0 Å². The maximum absolute atomic E-state index is 13.0. The van der Waals surface area contributed by atoms with E-state index in [0.29, 0.717) is 5.25 Å². The molecule has 0 aliphatic rings. The average Bonchev–Trinajstić information content (AvgIpc) is 3.16. The third-order valence-electron chi connectivity index (χ3n) is 4.40. The van der Waals surface area contributed by atoms with Crippen LogP contribution < -0.4 is 0 Å². The maximum atomic E-state index is 13.0. The van der Waals surface area contributed by atoms with E-state index >= 15 is 0 Å². The number of nitrogens with zero attached hydrogens (tertiary/aromatic N) is 2. The highest BCUT2D eigenvalue weighted by atomic mass is 32.2. The van der Waals surface area contributed by atoms with Gasteiger partial charge >= 0.3 is 0 Å². The molecule has 0 saturated carbocycles. The normalized spacial score (nSPS) is 12.7. The van der Waals surface area contributed by atoms with Gasteiger partial charge in [-0.2, -0.15) is 11.8 Å². The van der Waals surface area contributed by atoms with Gasteiger partial charge < -0.3 is 4.57 Å². The van der Waals surface area contributed by atoms with Crippen LogP contribution >= 0.6 is 11.8 Å². The van der Waals surface area contributed by atoms with Crippen LogP contribution in [0.1, 0.15) is 57.4 Å². The molecule has 4 heteroatoms. The lowest BCUT2D eigenvalue weighted by Crippen LogP contribution is -2.10. The van der Waals surface area contributed by atoms with Crippen LogP contribution in [0.25, 0.3) is 6.08 Å². The Morgan fingerprint density at radius 1 is 1.08 bits per heavy atom. The summed E-state index contributed by atoms with van der Waals surface area (Å²) in [7, 11) is 0. The van der Waals surface area contributed by atoms with Gasteiger partial charge in [0.1, 0.15) is 5.82 Å². The summed E-state index contributed by atoms with van der Waals surface area (Å²) in [6.45, 7) is 3.18. The third-order valence-corrected chi connectivity index (χ3v) is 5.66. The number of benzene rings is 1. The molecule has 2 nitrogen and oxygen atoms in total. The van der Waals surface area contributed by atoms with E-state index in [9.17, 15) is 4.39 Å². The Morgan fingerprint density at radius 2 is 1.81 bits per heavy atom. The van der Waals surface area contributed by atoms with Gasteiger partial charge in [0.25, 0.3) is 0 Å². The van der Waals surface area contributed by atoms with Gasteiger partial charge in [-0.15, -0.1) is 0 Å². The van der Waals surface area contributed by atoms with E-state index < -0.39 is 0 Å². The van der Waals surface area contributed by atoms with Gasteiger partial charge in [-0.1, -0.05) is 69.7 Å². The van der Waals surface area contributed by atoms with Crippen molar-refractivity contribution in [3.8, 4) is 0 Å². The predicted molar refractivity (Wildman–Crippen MR) is 112 cm³/mol. The highest BCUT2D eigenvalue weighted by Crippen LogP contribution is 2.19. The molecule has 1 aromatic heterocycles. The quantitative estimate of drug-likeness (QED) is 0.368. The van der Waals surface area contributed by atoms with E-state index in [0.717, 1.165) is 12.1 Å². The van der Waals surface area contributed by atoms with Crippen molar-refractivity contribution in [2.75, 3.05) is 5.75 Å². The zero-order valence-electron chi connectivity index (χ0n) is 15.8. The molecule has 0 aliphatic carbocycles. The van der Waals surface area contributed by atoms with Crippen LogP contribution in [0.3, 0.4) is 0 Å². The standard InChI is InChI=1S/C22H31FN2S/c1-2-3-4-5-6-7-8-17-26-22(18-25-16-15-24-19-25)14-11-20-9-12-21(23)13-10-20/h9-16,19,22H,2-8,17-18H2,1H3. The summed E-state index contributed by atoms with van der Waals surface area (Å²) < 4.78 is 15.2. The lowest BCUT2D eigenvalue weighted by atomic mass is 10.1. The molecule has 0 saturated heterocycles. The number of thioether (sulfide) groups is 1. The number of aromatic nitrogens is 2. The van der Waals surface area contributed by atoms with Crippen molar-refractivity contribution < 1.29 is 4.39 Å². The van der Waals surface area contributed by atoms with Gasteiger partial charge in [0.05, 0.1) is 6.33 Å². The summed E-state index contributed by atoms with van der Waals surface area (Å²) in [5.41, 5.74) is 1.04. The van der Waals surface area contributed by atoms with Crippen LogP contribution in [-0.4, -0.2) is 20.6 Å². The monoisotopic (exact) mass is 374 g/mol. The molecule has 0 amide bonds. The van der Waals surface area contributed by atoms with Crippen LogP contribution in [0.5, 0.6) is 0 Å². The Hall–Kier alpha value is -1.55. The Morgan fingerprint density at radius 3 is 2.50 bits per heavy atom. The van der Waals surface area contributed by atoms with E-state index in [1.807, 2.05) is 42.6 Å². The van der Waals surface area contributed by atoms with E-state index in [1.165, 1.54) is 62.8 Å². The van der Waals surface area contributed by atoms with Crippen molar-refractivity contribution in [3.05, 3.63) is 60.4 Å². The zero-order valence-corrected chi connectivity index (χ0v) is 16.6. The van der Waals surface area contributed by atoms with Crippen LogP contribution in [0.4, 0.5) is 4.39 Å². The largest absolute Gasteiger partial charge is 0.336 e. The van der Waals surface area contributed by atoms with Crippen LogP contribution in [0.15, 0.2) is 49.1 Å². The molecular weight excluding hydrogens is 343 g/mol. The summed E-state index contributed by atoms with van der Waals surface area (Å²) in [4.78, 5) is 4.14. The van der Waals surface area contributed by atoms with Crippen molar-refractivity contribution in [2.45, 2.75) is 63.7 Å². The molecule has 0 aliphatic heterocycles. The Labute approximate surface area is 161 Å². The van der Waals surface area contributed by atoms with Crippen molar-refractivity contribution >= 4 is 17.8 Å². The summed E-state index contributed by atoms with van der Waals surface area (Å²) in [6, 6.07) is 6.66. The van der Waals surface area contributed by atoms with Gasteiger partial charge in [0.15, 0.2) is 0 Å². The molecular formula is C22H31FN2S. The number of unbranched alkanes of at least 4 members (excludes halogenated alkanes) is 6. The topological polar surface area (TPSA) is 17.8 Å². The molecule has 0 bridgehead atoms. The lowest BCUT2D eigenvalue weighted by molar-refractivity contribution is 0.603. The molecule has 1 atom stereocenters. The molecule has 0 radical (unpaired) electrons. The van der Waals surface area contributed by atoms with Crippen molar-refractivity contribution in [1.29, 1.82) is 0 Å². The van der Waals surface area contributed by atoms with E-state index in [-0.39, 0.29) is 5.82 Å². The predicted octanol–water partition coefficient (Wildman–Crippen LogP) is 6.59. The van der Waals surface area contributed by atoms with E-state index in [1.54, 1.807) is 0 Å². The zero-order chi connectivity index (χ0) is 18.5. The summed E-state index contributed by atoms with van der Waals surface area (Å²) >= 11 is 2.00. The Bertz CT molecular complexity index is 608. The van der Waals surface area contributed by atoms with Gasteiger partial charge in [0.2, 0.25) is 0 Å². The average molecular weight is 375 g/mol. The van der Waals surface area contributed by atoms with Crippen LogP contribution in [0.2, 0.25) is 0 Å². The third kappa shape index (κ3) is 8.70.